The fourth-order valence-corrected chi connectivity index (χ4v) is 6.94. The topological polar surface area (TPSA) is 95.8 Å². The van der Waals surface area contributed by atoms with Gasteiger partial charge in [-0.2, -0.15) is 0 Å². The second-order valence-corrected chi connectivity index (χ2v) is 13.6. The second-order valence-electron chi connectivity index (χ2n) is 13.2. The summed E-state index contributed by atoms with van der Waals surface area (Å²) in [4.78, 5) is 0. The van der Waals surface area contributed by atoms with Crippen molar-refractivity contribution in [3.05, 3.63) is 172 Å². The molecule has 8 nitrogen and oxygen atoms in total. The first kappa shape index (κ1) is 40.4. The molecule has 12 heteroatoms. The minimum absolute atomic E-state index is 0.102. The highest BCUT2D eigenvalue weighted by Gasteiger charge is 2.64. The van der Waals surface area contributed by atoms with Crippen molar-refractivity contribution < 1.29 is 51.8 Å². The zero-order chi connectivity index (χ0) is 38.9. The van der Waals surface area contributed by atoms with Crippen LogP contribution in [0.5, 0.6) is 5.75 Å². The number of ether oxygens (including phenoxy) is 6. The Morgan fingerprint density at radius 2 is 1.16 bits per heavy atom. The van der Waals surface area contributed by atoms with Gasteiger partial charge in [-0.05, 0) is 58.5 Å². The lowest BCUT2D eigenvalue weighted by Gasteiger charge is -2.56. The van der Waals surface area contributed by atoms with Crippen LogP contribution in [0.3, 0.4) is 0 Å². The van der Waals surface area contributed by atoms with E-state index >= 15 is 0 Å². The van der Waals surface area contributed by atoms with Crippen LogP contribution in [0.25, 0.3) is 0 Å². The molecule has 4 atom stereocenters. The average molecular weight is 779 g/mol. The van der Waals surface area contributed by atoms with E-state index in [1.807, 2.05) is 91.0 Å². The summed E-state index contributed by atoms with van der Waals surface area (Å²) in [6, 6.07) is 39.1. The summed E-state index contributed by atoms with van der Waals surface area (Å²) >= 11 is 6.74. The van der Waals surface area contributed by atoms with E-state index in [0.717, 1.165) is 16.7 Å². The number of aliphatic hydroxyl groups is 2. The van der Waals surface area contributed by atoms with Crippen LogP contribution in [0, 0.1) is 0 Å². The molecule has 1 heterocycles. The molecule has 0 bridgehead atoms. The van der Waals surface area contributed by atoms with Crippen molar-refractivity contribution in [3.63, 3.8) is 0 Å². The Hall–Kier alpha value is -4.30. The number of methoxy groups -OCH3 is 1. The number of hydrogen-bond donors (Lipinski definition) is 2. The number of halogens is 4. The third-order valence-corrected chi connectivity index (χ3v) is 9.88. The minimum Gasteiger partial charge on any atom is -0.406 e. The SMILES string of the molecule is CO[C@@]1(c2ccc(Cl)c(Cc3ccc(OC(F)(F)F)cc3)c2)OC(CO)(CO)[C@@H](OCc2ccccc2)[C@H](OCc2ccccc2)[C@H]1OCc1ccccc1. The fraction of sp³-hybridized carbons (Fsp3) is 0.302. The molecule has 5 aromatic carbocycles. The summed E-state index contributed by atoms with van der Waals surface area (Å²) in [5, 5.41) is 22.7. The molecule has 0 unspecified atom stereocenters. The number of aliphatic hydroxyl groups excluding tert-OH is 2. The molecule has 55 heavy (non-hydrogen) atoms. The minimum atomic E-state index is -4.82. The van der Waals surface area contributed by atoms with Crippen LogP contribution in [-0.4, -0.2) is 60.8 Å². The van der Waals surface area contributed by atoms with Gasteiger partial charge in [-0.15, -0.1) is 13.2 Å². The van der Waals surface area contributed by atoms with E-state index in [4.69, 9.17) is 35.3 Å². The van der Waals surface area contributed by atoms with E-state index in [-0.39, 0.29) is 32.0 Å². The molecule has 1 aliphatic heterocycles. The average Bonchev–Trinajstić information content (AvgIpc) is 3.20. The molecule has 1 saturated heterocycles. The Morgan fingerprint density at radius 3 is 1.65 bits per heavy atom. The highest BCUT2D eigenvalue weighted by atomic mass is 35.5. The van der Waals surface area contributed by atoms with Crippen LogP contribution in [0.1, 0.15) is 33.4 Å². The van der Waals surface area contributed by atoms with Crippen molar-refractivity contribution in [2.75, 3.05) is 20.3 Å². The summed E-state index contributed by atoms with van der Waals surface area (Å²) < 4.78 is 75.8. The summed E-state index contributed by atoms with van der Waals surface area (Å²) in [6.45, 7) is -1.04. The van der Waals surface area contributed by atoms with E-state index in [0.29, 0.717) is 21.7 Å². The standard InChI is InChI=1S/C43H42ClF3O8/c1-50-42(35-19-22-37(44)34(24-35)23-30-17-20-36(21-18-30)54-43(45,46)47)40(53-27-33-15-9-4-10-16-33)38(51-25-31-11-5-2-6-12-31)39(41(28-48,29-49)55-42)52-26-32-13-7-3-8-14-32/h2-22,24,38-40,48-49H,23,25-29H2,1H3/t38-,39-,40+,42-/m0/s1. The molecular weight excluding hydrogens is 737 g/mol. The van der Waals surface area contributed by atoms with Crippen molar-refractivity contribution in [2.45, 2.75) is 62.3 Å². The van der Waals surface area contributed by atoms with E-state index < -0.39 is 49.3 Å². The smallest absolute Gasteiger partial charge is 0.406 e. The lowest BCUT2D eigenvalue weighted by atomic mass is 9.80. The summed E-state index contributed by atoms with van der Waals surface area (Å²) in [5.41, 5.74) is 2.44. The highest BCUT2D eigenvalue weighted by molar-refractivity contribution is 6.31. The Labute approximate surface area is 322 Å². The van der Waals surface area contributed by atoms with Crippen LogP contribution in [-0.2, 0) is 55.7 Å². The van der Waals surface area contributed by atoms with Gasteiger partial charge in [0.2, 0.25) is 5.79 Å². The monoisotopic (exact) mass is 778 g/mol. The summed E-state index contributed by atoms with van der Waals surface area (Å²) in [7, 11) is 1.44. The molecule has 1 fully saturated rings. The fourth-order valence-electron chi connectivity index (χ4n) is 6.75. The molecular formula is C43H42ClF3O8. The van der Waals surface area contributed by atoms with Crippen LogP contribution < -0.4 is 4.74 Å². The van der Waals surface area contributed by atoms with Gasteiger partial charge < -0.3 is 38.6 Å². The first-order chi connectivity index (χ1) is 26.6. The Morgan fingerprint density at radius 1 is 0.655 bits per heavy atom. The zero-order valence-electron chi connectivity index (χ0n) is 30.0. The van der Waals surface area contributed by atoms with E-state index in [2.05, 4.69) is 4.74 Å². The van der Waals surface area contributed by atoms with Crippen LogP contribution in [0.15, 0.2) is 133 Å². The molecule has 290 valence electrons. The van der Waals surface area contributed by atoms with Gasteiger partial charge in [-0.25, -0.2) is 0 Å². The molecule has 0 amide bonds. The normalized spacial score (nSPS) is 21.0. The molecule has 6 rings (SSSR count). The molecule has 0 saturated carbocycles. The Bertz CT molecular complexity index is 1930. The third kappa shape index (κ3) is 9.75. The molecule has 1 aliphatic rings. The predicted molar refractivity (Wildman–Crippen MR) is 199 cm³/mol. The molecule has 0 aliphatic carbocycles. The molecule has 2 N–H and O–H groups in total. The molecule has 0 radical (unpaired) electrons. The van der Waals surface area contributed by atoms with Gasteiger partial charge in [0.1, 0.15) is 29.7 Å². The summed E-state index contributed by atoms with van der Waals surface area (Å²) in [6.07, 6.45) is -7.78. The molecule has 0 aromatic heterocycles. The Balaban J connectivity index is 1.44. The van der Waals surface area contributed by atoms with Crippen LogP contribution in [0.4, 0.5) is 13.2 Å². The number of rotatable bonds is 16. The highest BCUT2D eigenvalue weighted by Crippen LogP contribution is 2.48. The van der Waals surface area contributed by atoms with Gasteiger partial charge >= 0.3 is 6.36 Å². The zero-order valence-corrected chi connectivity index (χ0v) is 30.8. The van der Waals surface area contributed by atoms with E-state index in [9.17, 15) is 23.4 Å². The largest absolute Gasteiger partial charge is 0.573 e. The van der Waals surface area contributed by atoms with Gasteiger partial charge in [-0.3, -0.25) is 0 Å². The van der Waals surface area contributed by atoms with Gasteiger partial charge in [0.15, 0.2) is 0 Å². The van der Waals surface area contributed by atoms with Gasteiger partial charge in [0, 0.05) is 17.7 Å². The quantitative estimate of drug-likeness (QED) is 0.104. The van der Waals surface area contributed by atoms with Crippen LogP contribution in [0.2, 0.25) is 5.02 Å². The van der Waals surface area contributed by atoms with Crippen molar-refractivity contribution in [3.8, 4) is 5.75 Å². The molecule has 0 spiro atoms. The maximum absolute atomic E-state index is 12.8. The first-order valence-corrected chi connectivity index (χ1v) is 18.0. The maximum Gasteiger partial charge on any atom is 0.573 e. The summed E-state index contributed by atoms with van der Waals surface area (Å²) in [5.74, 6) is -2.18. The van der Waals surface area contributed by atoms with Crippen molar-refractivity contribution in [1.29, 1.82) is 0 Å². The third-order valence-electron chi connectivity index (χ3n) is 9.51. The van der Waals surface area contributed by atoms with Crippen molar-refractivity contribution >= 4 is 11.6 Å². The van der Waals surface area contributed by atoms with Crippen molar-refractivity contribution in [2.24, 2.45) is 0 Å². The number of hydrogen-bond acceptors (Lipinski definition) is 8. The number of alkyl halides is 3. The van der Waals surface area contributed by atoms with Crippen LogP contribution >= 0.6 is 11.6 Å². The van der Waals surface area contributed by atoms with Gasteiger partial charge in [0.25, 0.3) is 0 Å². The van der Waals surface area contributed by atoms with Crippen molar-refractivity contribution in [1.82, 2.24) is 0 Å². The van der Waals surface area contributed by atoms with Gasteiger partial charge in [0.05, 0.1) is 33.0 Å². The number of benzene rings is 5. The lowest BCUT2D eigenvalue weighted by molar-refractivity contribution is -0.417. The second kappa shape index (κ2) is 18.1. The predicted octanol–water partition coefficient (Wildman–Crippen LogP) is 8.14. The van der Waals surface area contributed by atoms with E-state index in [1.165, 1.54) is 31.4 Å². The van der Waals surface area contributed by atoms with E-state index in [1.54, 1.807) is 18.2 Å². The Kier molecular flexibility index (Phi) is 13.3. The lowest BCUT2D eigenvalue weighted by Crippen LogP contribution is -2.72. The first-order valence-electron chi connectivity index (χ1n) is 17.7. The molecule has 5 aromatic rings. The van der Waals surface area contributed by atoms with Gasteiger partial charge in [-0.1, -0.05) is 121 Å². The maximum atomic E-state index is 12.8.